The van der Waals surface area contributed by atoms with Crippen molar-refractivity contribution in [2.75, 3.05) is 13.2 Å². The van der Waals surface area contributed by atoms with Crippen LogP contribution >= 0.6 is 0 Å². The second-order valence-corrected chi connectivity index (χ2v) is 17.0. The van der Waals surface area contributed by atoms with Crippen LogP contribution in [0.1, 0.15) is 41.7 Å². The highest BCUT2D eigenvalue weighted by Gasteiger charge is 2.22. The average molecular weight is 560 g/mol. The summed E-state index contributed by atoms with van der Waals surface area (Å²) in [5.41, 5.74) is 10.6. The molecule has 2 aromatic heterocycles. The number of unbranched alkanes of at least 4 members (excludes halogenated alkanes) is 3. The molecule has 1 amide bonds. The summed E-state index contributed by atoms with van der Waals surface area (Å²) < 4.78 is 9.71. The van der Waals surface area contributed by atoms with Gasteiger partial charge >= 0.3 is 0 Å². The Morgan fingerprint density at radius 1 is 1.00 bits per heavy atom. The molecule has 0 atom stereocenters. The van der Waals surface area contributed by atoms with Crippen LogP contribution in [0, 0.1) is 0 Å². The van der Waals surface area contributed by atoms with Gasteiger partial charge in [-0.05, 0) is 49.1 Å². The Hall–Kier alpha value is -3.53. The van der Waals surface area contributed by atoms with E-state index in [9.17, 15) is 4.79 Å². The third-order valence-electron chi connectivity index (χ3n) is 6.85. The first-order valence-electron chi connectivity index (χ1n) is 14.0. The molecule has 8 nitrogen and oxygen atoms in total. The van der Waals surface area contributed by atoms with Gasteiger partial charge in [-0.3, -0.25) is 9.36 Å². The van der Waals surface area contributed by atoms with Crippen LogP contribution in [-0.2, 0) is 17.9 Å². The first-order chi connectivity index (χ1) is 19.3. The Labute approximate surface area is 237 Å². The topological polar surface area (TPSA) is 108 Å². The number of primary amides is 1. The molecule has 40 heavy (non-hydrogen) atoms. The van der Waals surface area contributed by atoms with E-state index in [1.165, 1.54) is 0 Å². The summed E-state index contributed by atoms with van der Waals surface area (Å²) in [6.07, 6.45) is 10.4. The molecule has 9 heteroatoms. The number of aliphatic hydroxyl groups excluding tert-OH is 1. The number of imidazole rings is 1. The van der Waals surface area contributed by atoms with E-state index in [4.69, 9.17) is 20.6 Å². The Balaban J connectivity index is 1.71. The number of hydrogen-bond donors (Lipinski definition) is 2. The second kappa shape index (κ2) is 13.7. The molecule has 4 rings (SSSR count). The maximum atomic E-state index is 12.7. The largest absolute Gasteiger partial charge is 0.396 e. The lowest BCUT2D eigenvalue weighted by Crippen LogP contribution is -2.22. The summed E-state index contributed by atoms with van der Waals surface area (Å²) in [7, 11) is -1.17. The fourth-order valence-electron chi connectivity index (χ4n) is 4.63. The Kier molecular flexibility index (Phi) is 10.1. The second-order valence-electron chi connectivity index (χ2n) is 11.4. The molecule has 2 aromatic carbocycles. The molecule has 3 N–H and O–H groups in total. The number of rotatable bonds is 15. The number of aromatic nitrogens is 4. The van der Waals surface area contributed by atoms with Gasteiger partial charge in [-0.2, -0.15) is 5.10 Å². The standard InChI is InChI=1S/C31H41N5O3Si/c1-40(2,3)19-18-39-23-35-21-24(20-33-35)27-15-11-16-28(30(32)38)29(27)31-34-25(12-7-4-5-10-17-37)22-36(31)26-13-8-6-9-14-26/h6,8-9,11,13-16,20-22,37H,4-5,7,10,12,17-19,23H2,1-3H3,(H2,32,38). The highest BCUT2D eigenvalue weighted by Crippen LogP contribution is 2.36. The molecule has 0 radical (unpaired) electrons. The number of nitrogens with zero attached hydrogens (tertiary/aromatic N) is 4. The lowest BCUT2D eigenvalue weighted by molar-refractivity contribution is 0.0786. The maximum absolute atomic E-state index is 12.7. The van der Waals surface area contributed by atoms with Gasteiger partial charge in [-0.15, -0.1) is 0 Å². The van der Waals surface area contributed by atoms with Gasteiger partial charge in [0.2, 0.25) is 5.91 Å². The first kappa shape index (κ1) is 29.4. The first-order valence-corrected chi connectivity index (χ1v) is 17.8. The number of nitrogens with two attached hydrogens (primary N) is 1. The van der Waals surface area contributed by atoms with E-state index >= 15 is 0 Å². The lowest BCUT2D eigenvalue weighted by Gasteiger charge is -2.15. The summed E-state index contributed by atoms with van der Waals surface area (Å²) >= 11 is 0. The van der Waals surface area contributed by atoms with E-state index in [-0.39, 0.29) is 6.61 Å². The number of amides is 1. The normalized spacial score (nSPS) is 11.7. The number of aryl methyl sites for hydroxylation is 1. The van der Waals surface area contributed by atoms with Crippen LogP contribution in [0.3, 0.4) is 0 Å². The number of para-hydroxylation sites is 1. The van der Waals surface area contributed by atoms with E-state index in [0.717, 1.165) is 60.7 Å². The summed E-state index contributed by atoms with van der Waals surface area (Å²) in [5.74, 6) is 0.159. The van der Waals surface area contributed by atoms with Gasteiger partial charge in [0.25, 0.3) is 0 Å². The summed E-state index contributed by atoms with van der Waals surface area (Å²) in [5, 5.41) is 13.6. The summed E-state index contributed by atoms with van der Waals surface area (Å²) in [6.45, 7) is 8.30. The highest BCUT2D eigenvalue weighted by atomic mass is 28.3. The molecular formula is C31H41N5O3Si. The van der Waals surface area contributed by atoms with Gasteiger partial charge in [-0.25, -0.2) is 9.67 Å². The number of ether oxygens (including phenoxy) is 1. The Morgan fingerprint density at radius 2 is 1.77 bits per heavy atom. The molecule has 0 aliphatic rings. The highest BCUT2D eigenvalue weighted by molar-refractivity contribution is 6.76. The van der Waals surface area contributed by atoms with Crippen molar-refractivity contribution in [3.63, 3.8) is 0 Å². The monoisotopic (exact) mass is 559 g/mol. The van der Waals surface area contributed by atoms with Crippen molar-refractivity contribution in [1.82, 2.24) is 19.3 Å². The smallest absolute Gasteiger partial charge is 0.249 e. The zero-order valence-electron chi connectivity index (χ0n) is 23.8. The van der Waals surface area contributed by atoms with Crippen LogP contribution in [0.5, 0.6) is 0 Å². The third-order valence-corrected chi connectivity index (χ3v) is 8.55. The van der Waals surface area contributed by atoms with Crippen molar-refractivity contribution in [1.29, 1.82) is 0 Å². The predicted molar refractivity (Wildman–Crippen MR) is 162 cm³/mol. The van der Waals surface area contributed by atoms with Crippen molar-refractivity contribution < 1.29 is 14.6 Å². The minimum Gasteiger partial charge on any atom is -0.396 e. The number of carbonyl (C=O) groups excluding carboxylic acids is 1. The van der Waals surface area contributed by atoms with E-state index < -0.39 is 14.0 Å². The maximum Gasteiger partial charge on any atom is 0.249 e. The molecule has 212 valence electrons. The molecule has 0 aliphatic heterocycles. The Morgan fingerprint density at radius 3 is 2.50 bits per heavy atom. The molecule has 0 spiro atoms. The summed E-state index contributed by atoms with van der Waals surface area (Å²) in [6, 6.07) is 16.7. The number of hydrogen-bond acceptors (Lipinski definition) is 5. The zero-order chi connectivity index (χ0) is 28.5. The number of benzene rings is 2. The molecule has 0 saturated heterocycles. The minimum atomic E-state index is -1.17. The molecule has 0 unspecified atom stereocenters. The van der Waals surface area contributed by atoms with Gasteiger partial charge in [0.15, 0.2) is 0 Å². The molecular weight excluding hydrogens is 518 g/mol. The lowest BCUT2D eigenvalue weighted by atomic mass is 9.96. The van der Waals surface area contributed by atoms with Gasteiger partial charge in [0.1, 0.15) is 12.6 Å². The van der Waals surface area contributed by atoms with Gasteiger partial charge in [-0.1, -0.05) is 62.8 Å². The van der Waals surface area contributed by atoms with Crippen LogP contribution in [0.15, 0.2) is 67.1 Å². The van der Waals surface area contributed by atoms with E-state index in [1.807, 2.05) is 59.4 Å². The van der Waals surface area contributed by atoms with Crippen molar-refractivity contribution in [3.05, 3.63) is 78.4 Å². The van der Waals surface area contributed by atoms with Crippen LogP contribution < -0.4 is 5.73 Å². The quantitative estimate of drug-likeness (QED) is 0.139. The van der Waals surface area contributed by atoms with Crippen molar-refractivity contribution in [2.45, 2.75) is 64.5 Å². The van der Waals surface area contributed by atoms with E-state index in [0.29, 0.717) is 30.3 Å². The van der Waals surface area contributed by atoms with Crippen LogP contribution in [-0.4, -0.2) is 51.6 Å². The van der Waals surface area contributed by atoms with E-state index in [1.54, 1.807) is 16.9 Å². The van der Waals surface area contributed by atoms with Crippen LogP contribution in [0.25, 0.3) is 28.2 Å². The molecule has 0 saturated carbocycles. The SMILES string of the molecule is C[Si](C)(C)CCOCn1cc(-c2cccc(C(N)=O)c2-c2nc(CCCCCCO)cn2-c2ccccc2)cn1. The van der Waals surface area contributed by atoms with Crippen LogP contribution in [0.2, 0.25) is 25.7 Å². The number of carbonyl (C=O) groups is 1. The van der Waals surface area contributed by atoms with Crippen molar-refractivity contribution in [3.8, 4) is 28.2 Å². The molecule has 4 aromatic rings. The summed E-state index contributed by atoms with van der Waals surface area (Å²) in [4.78, 5) is 17.7. The minimum absolute atomic E-state index is 0.223. The zero-order valence-corrected chi connectivity index (χ0v) is 24.8. The average Bonchev–Trinajstić information content (AvgIpc) is 3.58. The van der Waals surface area contributed by atoms with Gasteiger partial charge in [0, 0.05) is 50.5 Å². The fourth-order valence-corrected chi connectivity index (χ4v) is 5.39. The molecule has 0 bridgehead atoms. The molecule has 2 heterocycles. The van der Waals surface area contributed by atoms with Crippen LogP contribution in [0.4, 0.5) is 0 Å². The molecule has 0 fully saturated rings. The van der Waals surface area contributed by atoms with Gasteiger partial charge in [0.05, 0.1) is 17.5 Å². The fraction of sp³-hybridized carbons (Fsp3) is 0.387. The third kappa shape index (κ3) is 7.77. The predicted octanol–water partition coefficient (Wildman–Crippen LogP) is 5.91. The number of aliphatic hydroxyl groups is 1. The van der Waals surface area contributed by atoms with Gasteiger partial charge < -0.3 is 15.6 Å². The molecule has 0 aliphatic carbocycles. The van der Waals surface area contributed by atoms with Crippen molar-refractivity contribution >= 4 is 14.0 Å². The van der Waals surface area contributed by atoms with E-state index in [2.05, 4.69) is 24.7 Å². The Bertz CT molecular complexity index is 1390. The van der Waals surface area contributed by atoms with Crippen molar-refractivity contribution in [2.24, 2.45) is 5.73 Å².